The van der Waals surface area contributed by atoms with Crippen molar-refractivity contribution in [3.8, 4) is 11.5 Å². The minimum absolute atomic E-state index is 0.511. The van der Waals surface area contributed by atoms with Crippen molar-refractivity contribution in [3.05, 3.63) is 48.0 Å². The first-order valence-corrected chi connectivity index (χ1v) is 6.18. The largest absolute Gasteiger partial charge is 0.490 e. The van der Waals surface area contributed by atoms with Gasteiger partial charge in [-0.05, 0) is 17.7 Å². The van der Waals surface area contributed by atoms with Crippen molar-refractivity contribution >= 4 is 0 Å². The Morgan fingerprint density at radius 3 is 2.74 bits per heavy atom. The molecule has 5 heteroatoms. The monoisotopic (exact) mass is 258 g/mol. The molecule has 0 spiro atoms. The van der Waals surface area contributed by atoms with Gasteiger partial charge in [0.05, 0.1) is 25.1 Å². The second kappa shape index (κ2) is 5.24. The Labute approximate surface area is 110 Å². The predicted octanol–water partition coefficient (Wildman–Crippen LogP) is 1.72. The average molecular weight is 258 g/mol. The normalized spacial score (nSPS) is 15.6. The molecule has 0 bridgehead atoms. The first kappa shape index (κ1) is 11.9. The lowest BCUT2D eigenvalue weighted by molar-refractivity contribution is 0.214. The highest BCUT2D eigenvalue weighted by molar-refractivity contribution is 5.45. The van der Waals surface area contributed by atoms with Crippen molar-refractivity contribution in [3.63, 3.8) is 0 Å². The summed E-state index contributed by atoms with van der Waals surface area (Å²) < 4.78 is 11.2. The first-order valence-electron chi connectivity index (χ1n) is 6.18. The molecular weight excluding hydrogens is 244 g/mol. The van der Waals surface area contributed by atoms with Crippen LogP contribution in [0.5, 0.6) is 11.5 Å². The molecule has 2 heterocycles. The molecule has 0 amide bonds. The standard InChI is InChI=1S/C14H14N2O3/c17-14(11-9-15-4-5-16-11)10-2-3-12-13(8-10)19-7-1-6-18-12/h2-5,8-9,14,17H,1,6-7H2. The lowest BCUT2D eigenvalue weighted by atomic mass is 10.1. The number of ether oxygens (including phenoxy) is 2. The highest BCUT2D eigenvalue weighted by Crippen LogP contribution is 2.33. The van der Waals surface area contributed by atoms with E-state index >= 15 is 0 Å². The summed E-state index contributed by atoms with van der Waals surface area (Å²) in [4.78, 5) is 8.06. The summed E-state index contributed by atoms with van der Waals surface area (Å²) in [5.74, 6) is 1.38. The number of aliphatic hydroxyl groups excluding tert-OH is 1. The van der Waals surface area contributed by atoms with Crippen molar-refractivity contribution in [1.82, 2.24) is 9.97 Å². The second-order valence-corrected chi connectivity index (χ2v) is 4.29. The number of rotatable bonds is 2. The first-order chi connectivity index (χ1) is 9.34. The van der Waals surface area contributed by atoms with Gasteiger partial charge in [0.2, 0.25) is 0 Å². The number of nitrogens with zero attached hydrogens (tertiary/aromatic N) is 2. The Balaban J connectivity index is 1.91. The molecule has 0 aliphatic carbocycles. The van der Waals surface area contributed by atoms with E-state index < -0.39 is 6.10 Å². The summed E-state index contributed by atoms with van der Waals surface area (Å²) in [5.41, 5.74) is 1.22. The maximum absolute atomic E-state index is 10.3. The van der Waals surface area contributed by atoms with Crippen molar-refractivity contribution in [2.24, 2.45) is 0 Å². The minimum Gasteiger partial charge on any atom is -0.490 e. The van der Waals surface area contributed by atoms with Crippen LogP contribution in [0, 0.1) is 0 Å². The molecule has 1 aliphatic heterocycles. The van der Waals surface area contributed by atoms with Crippen molar-refractivity contribution in [1.29, 1.82) is 0 Å². The van der Waals surface area contributed by atoms with Gasteiger partial charge in [0.15, 0.2) is 11.5 Å². The Morgan fingerprint density at radius 2 is 1.95 bits per heavy atom. The number of benzene rings is 1. The lowest BCUT2D eigenvalue weighted by Crippen LogP contribution is -2.03. The van der Waals surface area contributed by atoms with Crippen LogP contribution in [0.3, 0.4) is 0 Å². The molecule has 1 aliphatic rings. The van der Waals surface area contributed by atoms with Crippen LogP contribution >= 0.6 is 0 Å². The topological polar surface area (TPSA) is 64.5 Å². The average Bonchev–Trinajstić information content (AvgIpc) is 2.72. The molecule has 0 fully saturated rings. The fourth-order valence-corrected chi connectivity index (χ4v) is 1.97. The van der Waals surface area contributed by atoms with E-state index in [4.69, 9.17) is 9.47 Å². The number of hydrogen-bond donors (Lipinski definition) is 1. The maximum atomic E-state index is 10.3. The van der Waals surface area contributed by atoms with Crippen LogP contribution in [-0.4, -0.2) is 28.3 Å². The van der Waals surface area contributed by atoms with Crippen LogP contribution in [0.15, 0.2) is 36.8 Å². The van der Waals surface area contributed by atoms with Gasteiger partial charge < -0.3 is 14.6 Å². The molecule has 1 atom stereocenters. The second-order valence-electron chi connectivity index (χ2n) is 4.29. The molecule has 1 unspecified atom stereocenters. The molecule has 1 N–H and O–H groups in total. The van der Waals surface area contributed by atoms with Crippen LogP contribution in [0.25, 0.3) is 0 Å². The fraction of sp³-hybridized carbons (Fsp3) is 0.286. The smallest absolute Gasteiger partial charge is 0.161 e. The summed E-state index contributed by atoms with van der Waals surface area (Å²) in [5, 5.41) is 10.3. The van der Waals surface area contributed by atoms with Gasteiger partial charge in [0.25, 0.3) is 0 Å². The molecular formula is C14H14N2O3. The Kier molecular flexibility index (Phi) is 3.29. The van der Waals surface area contributed by atoms with Gasteiger partial charge in [-0.2, -0.15) is 0 Å². The molecule has 3 rings (SSSR count). The number of hydrogen-bond acceptors (Lipinski definition) is 5. The van der Waals surface area contributed by atoms with Gasteiger partial charge in [-0.1, -0.05) is 6.07 Å². The van der Waals surface area contributed by atoms with Crippen molar-refractivity contribution in [2.45, 2.75) is 12.5 Å². The molecule has 2 aromatic rings. The highest BCUT2D eigenvalue weighted by atomic mass is 16.5. The van der Waals surface area contributed by atoms with Gasteiger partial charge in [-0.3, -0.25) is 9.97 Å². The van der Waals surface area contributed by atoms with Gasteiger partial charge in [0, 0.05) is 18.8 Å². The number of fused-ring (bicyclic) bond motifs is 1. The fourth-order valence-electron chi connectivity index (χ4n) is 1.97. The van der Waals surface area contributed by atoms with Crippen LogP contribution in [0.2, 0.25) is 0 Å². The van der Waals surface area contributed by atoms with E-state index in [1.165, 1.54) is 0 Å². The zero-order valence-electron chi connectivity index (χ0n) is 10.3. The molecule has 0 radical (unpaired) electrons. The van der Waals surface area contributed by atoms with E-state index in [0.29, 0.717) is 36.0 Å². The summed E-state index contributed by atoms with van der Waals surface area (Å²) >= 11 is 0. The van der Waals surface area contributed by atoms with Crippen LogP contribution in [0.4, 0.5) is 0 Å². The predicted molar refractivity (Wildman–Crippen MR) is 68.1 cm³/mol. The highest BCUT2D eigenvalue weighted by Gasteiger charge is 2.16. The summed E-state index contributed by atoms with van der Waals surface area (Å²) in [6.07, 6.45) is 4.72. The Morgan fingerprint density at radius 1 is 1.11 bits per heavy atom. The van der Waals surface area contributed by atoms with E-state index in [2.05, 4.69) is 9.97 Å². The third kappa shape index (κ3) is 2.51. The maximum Gasteiger partial charge on any atom is 0.161 e. The van der Waals surface area contributed by atoms with E-state index in [-0.39, 0.29) is 0 Å². The molecule has 98 valence electrons. The van der Waals surface area contributed by atoms with Gasteiger partial charge in [-0.25, -0.2) is 0 Å². The van der Waals surface area contributed by atoms with E-state index in [9.17, 15) is 5.11 Å². The van der Waals surface area contributed by atoms with Gasteiger partial charge in [0.1, 0.15) is 6.10 Å². The molecule has 19 heavy (non-hydrogen) atoms. The van der Waals surface area contributed by atoms with E-state index in [1.54, 1.807) is 24.7 Å². The molecule has 5 nitrogen and oxygen atoms in total. The third-order valence-corrected chi connectivity index (χ3v) is 2.95. The van der Waals surface area contributed by atoms with Gasteiger partial charge in [-0.15, -0.1) is 0 Å². The Bertz CT molecular complexity index is 560. The van der Waals surface area contributed by atoms with Crippen molar-refractivity contribution in [2.75, 3.05) is 13.2 Å². The molecule has 1 aromatic carbocycles. The van der Waals surface area contributed by atoms with E-state index in [1.807, 2.05) is 12.1 Å². The Hall–Kier alpha value is -2.14. The SMILES string of the molecule is OC(c1ccc2c(c1)OCCCO2)c1cnccn1. The number of aromatic nitrogens is 2. The van der Waals surface area contributed by atoms with Crippen LogP contribution in [-0.2, 0) is 0 Å². The quantitative estimate of drug-likeness (QED) is 0.888. The summed E-state index contributed by atoms with van der Waals surface area (Å²) in [6.45, 7) is 1.27. The van der Waals surface area contributed by atoms with E-state index in [0.717, 1.165) is 6.42 Å². The third-order valence-electron chi connectivity index (χ3n) is 2.95. The van der Waals surface area contributed by atoms with Crippen molar-refractivity contribution < 1.29 is 14.6 Å². The molecule has 1 aromatic heterocycles. The van der Waals surface area contributed by atoms with Crippen LogP contribution < -0.4 is 9.47 Å². The zero-order valence-corrected chi connectivity index (χ0v) is 10.3. The lowest BCUT2D eigenvalue weighted by Gasteiger charge is -2.13. The molecule has 0 saturated carbocycles. The summed E-state index contributed by atoms with van der Waals surface area (Å²) in [7, 11) is 0. The minimum atomic E-state index is -0.814. The van der Waals surface area contributed by atoms with Crippen LogP contribution in [0.1, 0.15) is 23.8 Å². The van der Waals surface area contributed by atoms with Gasteiger partial charge >= 0.3 is 0 Å². The number of aliphatic hydroxyl groups is 1. The zero-order chi connectivity index (χ0) is 13.1. The molecule has 0 saturated heterocycles. The summed E-state index contributed by atoms with van der Waals surface area (Å²) in [6, 6.07) is 5.42.